The van der Waals surface area contributed by atoms with Gasteiger partial charge in [0.15, 0.2) is 0 Å². The van der Waals surface area contributed by atoms with Crippen LogP contribution >= 0.6 is 0 Å². The molecule has 26 heavy (non-hydrogen) atoms. The molecule has 7 nitrogen and oxygen atoms in total. The maximum atomic E-state index is 12.3. The van der Waals surface area contributed by atoms with Crippen LogP contribution in [0.3, 0.4) is 0 Å². The molecule has 1 heterocycles. The van der Waals surface area contributed by atoms with Crippen molar-refractivity contribution in [3.05, 3.63) is 35.7 Å². The normalized spacial score (nSPS) is 11.5. The van der Waals surface area contributed by atoms with E-state index >= 15 is 0 Å². The maximum Gasteiger partial charge on any atom is 0.251 e. The van der Waals surface area contributed by atoms with E-state index in [4.69, 9.17) is 9.26 Å². The Bertz CT molecular complexity index is 707. The molecule has 0 saturated heterocycles. The summed E-state index contributed by atoms with van der Waals surface area (Å²) in [6.45, 7) is 9.00. The van der Waals surface area contributed by atoms with Gasteiger partial charge in [-0.05, 0) is 17.5 Å². The van der Waals surface area contributed by atoms with Crippen molar-refractivity contribution in [2.24, 2.45) is 5.41 Å². The zero-order valence-electron chi connectivity index (χ0n) is 16.0. The number of benzene rings is 1. The van der Waals surface area contributed by atoms with E-state index in [0.717, 1.165) is 12.1 Å². The fourth-order valence-corrected chi connectivity index (χ4v) is 2.36. The van der Waals surface area contributed by atoms with E-state index in [1.54, 1.807) is 19.2 Å². The van der Waals surface area contributed by atoms with Crippen molar-refractivity contribution < 1.29 is 14.1 Å². The Labute approximate surface area is 154 Å². The van der Waals surface area contributed by atoms with Crippen LogP contribution in [0.5, 0.6) is 0 Å². The summed E-state index contributed by atoms with van der Waals surface area (Å²) in [5, 5.41) is 10.1. The molecular weight excluding hydrogens is 332 g/mol. The van der Waals surface area contributed by atoms with E-state index in [1.807, 2.05) is 12.1 Å². The summed E-state index contributed by atoms with van der Waals surface area (Å²) in [4.78, 5) is 16.7. The molecule has 2 N–H and O–H groups in total. The van der Waals surface area contributed by atoms with Crippen molar-refractivity contribution in [3.63, 3.8) is 0 Å². The minimum atomic E-state index is -0.126. The third-order valence-electron chi connectivity index (χ3n) is 3.60. The van der Waals surface area contributed by atoms with Crippen LogP contribution in [0, 0.1) is 5.41 Å². The number of methoxy groups -OCH3 is 1. The lowest BCUT2D eigenvalue weighted by Crippen LogP contribution is -2.33. The van der Waals surface area contributed by atoms with Crippen molar-refractivity contribution in [2.45, 2.75) is 27.2 Å². The Morgan fingerprint density at radius 2 is 2.04 bits per heavy atom. The number of hydrogen-bond acceptors (Lipinski definition) is 6. The second kappa shape index (κ2) is 9.45. The number of carbonyl (C=O) groups is 1. The highest BCUT2D eigenvalue weighted by molar-refractivity contribution is 5.95. The topological polar surface area (TPSA) is 89.3 Å². The van der Waals surface area contributed by atoms with Crippen molar-refractivity contribution in [3.8, 4) is 11.4 Å². The third-order valence-corrected chi connectivity index (χ3v) is 3.60. The molecule has 0 aliphatic rings. The van der Waals surface area contributed by atoms with Crippen LogP contribution in [0.4, 0.5) is 0 Å². The lowest BCUT2D eigenvalue weighted by atomic mass is 9.92. The minimum absolute atomic E-state index is 0.0722. The predicted molar refractivity (Wildman–Crippen MR) is 100.0 cm³/mol. The molecule has 0 radical (unpaired) electrons. The number of hydrogen-bond donors (Lipinski definition) is 2. The first-order valence-corrected chi connectivity index (χ1v) is 8.80. The molecule has 0 bridgehead atoms. The van der Waals surface area contributed by atoms with Crippen LogP contribution in [-0.4, -0.2) is 49.4 Å². The SMILES string of the molecule is COCCNCCNC(=O)c1cccc(-c2noc(CC(C)(C)C)n2)c1. The average Bonchev–Trinajstić information content (AvgIpc) is 3.04. The van der Waals surface area contributed by atoms with Gasteiger partial charge in [0.25, 0.3) is 5.91 Å². The van der Waals surface area contributed by atoms with Crippen molar-refractivity contribution in [1.82, 2.24) is 20.8 Å². The highest BCUT2D eigenvalue weighted by Gasteiger charge is 2.17. The molecule has 0 aliphatic heterocycles. The van der Waals surface area contributed by atoms with Crippen molar-refractivity contribution in [2.75, 3.05) is 33.4 Å². The first kappa shape index (κ1) is 20.1. The predicted octanol–water partition coefficient (Wildman–Crippen LogP) is 2.29. The number of amides is 1. The van der Waals surface area contributed by atoms with Gasteiger partial charge in [0.05, 0.1) is 6.61 Å². The second-order valence-electron chi connectivity index (χ2n) is 7.33. The highest BCUT2D eigenvalue weighted by atomic mass is 16.5. The molecule has 0 saturated carbocycles. The summed E-state index contributed by atoms with van der Waals surface area (Å²) in [7, 11) is 1.66. The minimum Gasteiger partial charge on any atom is -0.383 e. The number of ether oxygens (including phenoxy) is 1. The summed E-state index contributed by atoms with van der Waals surface area (Å²) in [6, 6.07) is 7.24. The van der Waals surface area contributed by atoms with Gasteiger partial charge in [0, 0.05) is 44.3 Å². The lowest BCUT2D eigenvalue weighted by Gasteiger charge is -2.13. The van der Waals surface area contributed by atoms with E-state index in [1.165, 1.54) is 0 Å². The van der Waals surface area contributed by atoms with Gasteiger partial charge in [-0.3, -0.25) is 4.79 Å². The first-order valence-electron chi connectivity index (χ1n) is 8.80. The quantitative estimate of drug-likeness (QED) is 0.667. The van der Waals surface area contributed by atoms with E-state index in [2.05, 4.69) is 41.5 Å². The fourth-order valence-electron chi connectivity index (χ4n) is 2.36. The Morgan fingerprint density at radius 3 is 2.77 bits per heavy atom. The molecule has 0 fully saturated rings. The van der Waals surface area contributed by atoms with E-state index < -0.39 is 0 Å². The monoisotopic (exact) mass is 360 g/mol. The fraction of sp³-hybridized carbons (Fsp3) is 0.526. The largest absolute Gasteiger partial charge is 0.383 e. The number of nitrogens with zero attached hydrogens (tertiary/aromatic N) is 2. The van der Waals surface area contributed by atoms with Gasteiger partial charge in [-0.1, -0.05) is 38.1 Å². The van der Waals surface area contributed by atoms with Gasteiger partial charge >= 0.3 is 0 Å². The Morgan fingerprint density at radius 1 is 1.23 bits per heavy atom. The van der Waals surface area contributed by atoms with Gasteiger partial charge in [0.2, 0.25) is 11.7 Å². The van der Waals surface area contributed by atoms with Crippen LogP contribution in [-0.2, 0) is 11.2 Å². The van der Waals surface area contributed by atoms with Crippen molar-refractivity contribution in [1.29, 1.82) is 0 Å². The van der Waals surface area contributed by atoms with Gasteiger partial charge in [-0.2, -0.15) is 4.98 Å². The first-order chi connectivity index (χ1) is 12.4. The van der Waals surface area contributed by atoms with E-state index in [9.17, 15) is 4.79 Å². The highest BCUT2D eigenvalue weighted by Crippen LogP contribution is 2.22. The van der Waals surface area contributed by atoms with Crippen LogP contribution in [0.1, 0.15) is 37.0 Å². The Hall–Kier alpha value is -2.25. The van der Waals surface area contributed by atoms with Crippen LogP contribution in [0.25, 0.3) is 11.4 Å². The van der Waals surface area contributed by atoms with E-state index in [-0.39, 0.29) is 11.3 Å². The van der Waals surface area contributed by atoms with Crippen LogP contribution in [0.15, 0.2) is 28.8 Å². The van der Waals surface area contributed by atoms with Crippen LogP contribution < -0.4 is 10.6 Å². The molecule has 0 spiro atoms. The van der Waals surface area contributed by atoms with Gasteiger partial charge in [-0.25, -0.2) is 0 Å². The average molecular weight is 360 g/mol. The van der Waals surface area contributed by atoms with Gasteiger partial charge < -0.3 is 19.9 Å². The molecule has 7 heteroatoms. The third kappa shape index (κ3) is 6.57. The standard InChI is InChI=1S/C19H28N4O3/c1-19(2,3)13-16-22-17(23-26-16)14-6-5-7-15(12-14)18(24)21-9-8-20-10-11-25-4/h5-7,12,20H,8-11,13H2,1-4H3,(H,21,24). The molecule has 2 rings (SSSR count). The number of rotatable bonds is 9. The molecule has 1 aromatic carbocycles. The van der Waals surface area contributed by atoms with Gasteiger partial charge in [-0.15, -0.1) is 0 Å². The molecule has 0 aliphatic carbocycles. The number of nitrogens with one attached hydrogen (secondary N) is 2. The smallest absolute Gasteiger partial charge is 0.251 e. The lowest BCUT2D eigenvalue weighted by molar-refractivity contribution is 0.0953. The molecule has 0 atom stereocenters. The van der Waals surface area contributed by atoms with Crippen LogP contribution in [0.2, 0.25) is 0 Å². The summed E-state index contributed by atoms with van der Waals surface area (Å²) in [5.41, 5.74) is 1.41. The molecule has 1 amide bonds. The zero-order valence-corrected chi connectivity index (χ0v) is 16.0. The summed E-state index contributed by atoms with van der Waals surface area (Å²) in [5.74, 6) is 0.975. The molecular formula is C19H28N4O3. The second-order valence-corrected chi connectivity index (χ2v) is 7.33. The summed E-state index contributed by atoms with van der Waals surface area (Å²) in [6.07, 6.45) is 0.705. The van der Waals surface area contributed by atoms with Gasteiger partial charge in [0.1, 0.15) is 0 Å². The Kier molecular flexibility index (Phi) is 7.29. The van der Waals surface area contributed by atoms with E-state index in [0.29, 0.717) is 43.4 Å². The molecule has 2 aromatic rings. The maximum absolute atomic E-state index is 12.3. The molecule has 142 valence electrons. The Balaban J connectivity index is 1.94. The molecule has 1 aromatic heterocycles. The zero-order chi connectivity index (χ0) is 19.0. The molecule has 0 unspecified atom stereocenters. The van der Waals surface area contributed by atoms with Crippen molar-refractivity contribution >= 4 is 5.91 Å². The number of aromatic nitrogens is 2. The number of carbonyl (C=O) groups excluding carboxylic acids is 1. The summed E-state index contributed by atoms with van der Waals surface area (Å²) >= 11 is 0. The summed E-state index contributed by atoms with van der Waals surface area (Å²) < 4.78 is 10.3.